The highest BCUT2D eigenvalue weighted by Gasteiger charge is 2.20. The minimum atomic E-state index is -0.125. The van der Waals surface area contributed by atoms with Crippen LogP contribution in [0.25, 0.3) is 4.96 Å². The molecule has 0 spiro atoms. The van der Waals surface area contributed by atoms with Crippen molar-refractivity contribution in [2.45, 2.75) is 27.3 Å². The Bertz CT molecular complexity index is 633. The van der Waals surface area contributed by atoms with E-state index in [1.54, 1.807) is 11.6 Å². The van der Waals surface area contributed by atoms with E-state index in [0.717, 1.165) is 18.8 Å². The highest BCUT2D eigenvalue weighted by molar-refractivity contribution is 7.14. The molecule has 2 aromatic heterocycles. The van der Waals surface area contributed by atoms with E-state index in [1.165, 1.54) is 15.9 Å². The van der Waals surface area contributed by atoms with Crippen LogP contribution in [0.2, 0.25) is 0 Å². The first-order valence-electron chi connectivity index (χ1n) is 6.70. The molecule has 0 saturated heterocycles. The molecule has 2 N–H and O–H groups in total. The Balaban J connectivity index is 2.19. The van der Waals surface area contributed by atoms with E-state index in [-0.39, 0.29) is 11.0 Å². The van der Waals surface area contributed by atoms with Gasteiger partial charge in [-0.2, -0.15) is 9.61 Å². The van der Waals surface area contributed by atoms with Gasteiger partial charge >= 0.3 is 0 Å². The number of hydrogen-bond acceptors (Lipinski definition) is 6. The van der Waals surface area contributed by atoms with Crippen molar-refractivity contribution >= 4 is 16.3 Å². The van der Waals surface area contributed by atoms with Crippen molar-refractivity contribution in [1.82, 2.24) is 19.5 Å². The Morgan fingerprint density at radius 1 is 1.50 bits per heavy atom. The summed E-state index contributed by atoms with van der Waals surface area (Å²) in [4.78, 5) is 19.3. The first-order chi connectivity index (χ1) is 9.45. The molecule has 7 heteroatoms. The molecular weight excluding hydrogens is 274 g/mol. The van der Waals surface area contributed by atoms with Crippen LogP contribution in [0.3, 0.4) is 0 Å². The summed E-state index contributed by atoms with van der Waals surface area (Å²) in [6, 6.07) is 1.56. The van der Waals surface area contributed by atoms with Gasteiger partial charge in [0.05, 0.1) is 5.69 Å². The van der Waals surface area contributed by atoms with E-state index in [9.17, 15) is 4.79 Å². The molecule has 0 aliphatic carbocycles. The van der Waals surface area contributed by atoms with Gasteiger partial charge in [0.15, 0.2) is 0 Å². The largest absolute Gasteiger partial charge is 0.330 e. The van der Waals surface area contributed by atoms with Crippen LogP contribution in [0.15, 0.2) is 16.4 Å². The molecule has 0 bridgehead atoms. The Hall–Kier alpha value is -1.31. The second-order valence-electron chi connectivity index (χ2n) is 5.69. The second-order valence-corrected chi connectivity index (χ2v) is 6.50. The van der Waals surface area contributed by atoms with Gasteiger partial charge in [0, 0.05) is 19.2 Å². The lowest BCUT2D eigenvalue weighted by molar-refractivity contribution is 0.182. The zero-order valence-electron chi connectivity index (χ0n) is 12.2. The van der Waals surface area contributed by atoms with Gasteiger partial charge in [0.25, 0.3) is 5.56 Å². The van der Waals surface area contributed by atoms with Crippen molar-refractivity contribution in [2.24, 2.45) is 11.1 Å². The molecule has 0 aliphatic rings. The highest BCUT2D eigenvalue weighted by Crippen LogP contribution is 2.16. The standard InChI is InChI=1S/C13H21N5OS/c1-4-17(8-13(2,3)7-14)6-10-5-11(19)18-12(16-10)20-9-15-18/h5,9H,4,6-8,14H2,1-3H3. The number of rotatable bonds is 6. The van der Waals surface area contributed by atoms with Crippen molar-refractivity contribution in [3.8, 4) is 0 Å². The van der Waals surface area contributed by atoms with Crippen LogP contribution in [0.1, 0.15) is 26.5 Å². The molecule has 2 aromatic rings. The summed E-state index contributed by atoms with van der Waals surface area (Å²) in [7, 11) is 0. The molecule has 0 saturated carbocycles. The average Bonchev–Trinajstić information content (AvgIpc) is 2.86. The van der Waals surface area contributed by atoms with Crippen LogP contribution in [0.5, 0.6) is 0 Å². The molecule has 2 heterocycles. The van der Waals surface area contributed by atoms with Gasteiger partial charge in [0.2, 0.25) is 4.96 Å². The van der Waals surface area contributed by atoms with Crippen LogP contribution in [0, 0.1) is 5.41 Å². The Morgan fingerprint density at radius 2 is 2.25 bits per heavy atom. The molecule has 0 unspecified atom stereocenters. The van der Waals surface area contributed by atoms with Gasteiger partial charge < -0.3 is 5.73 Å². The zero-order chi connectivity index (χ0) is 14.8. The number of nitrogens with two attached hydrogens (primary N) is 1. The molecular formula is C13H21N5OS. The van der Waals surface area contributed by atoms with Gasteiger partial charge in [-0.1, -0.05) is 32.1 Å². The fourth-order valence-electron chi connectivity index (χ4n) is 2.06. The van der Waals surface area contributed by atoms with Crippen molar-refractivity contribution in [2.75, 3.05) is 19.6 Å². The van der Waals surface area contributed by atoms with Crippen LogP contribution in [-0.4, -0.2) is 39.1 Å². The molecule has 0 amide bonds. The van der Waals surface area contributed by atoms with Crippen molar-refractivity contribution < 1.29 is 0 Å². The predicted molar refractivity (Wildman–Crippen MR) is 80.9 cm³/mol. The van der Waals surface area contributed by atoms with Crippen LogP contribution >= 0.6 is 11.3 Å². The summed E-state index contributed by atoms with van der Waals surface area (Å²) in [6.45, 7) is 9.45. The summed E-state index contributed by atoms with van der Waals surface area (Å²) in [6.07, 6.45) is 0. The van der Waals surface area contributed by atoms with Crippen LogP contribution in [-0.2, 0) is 6.54 Å². The van der Waals surface area contributed by atoms with E-state index < -0.39 is 0 Å². The summed E-state index contributed by atoms with van der Waals surface area (Å²) in [5.74, 6) is 0. The number of hydrogen-bond donors (Lipinski definition) is 1. The lowest BCUT2D eigenvalue weighted by Gasteiger charge is -2.30. The van der Waals surface area contributed by atoms with Crippen LogP contribution < -0.4 is 11.3 Å². The zero-order valence-corrected chi connectivity index (χ0v) is 13.0. The maximum atomic E-state index is 11.9. The summed E-state index contributed by atoms with van der Waals surface area (Å²) in [5, 5.41) is 3.96. The van der Waals surface area contributed by atoms with E-state index in [1.807, 2.05) is 0 Å². The third-order valence-corrected chi connectivity index (χ3v) is 3.95. The molecule has 0 aliphatic heterocycles. The minimum Gasteiger partial charge on any atom is -0.330 e. The number of nitrogens with zero attached hydrogens (tertiary/aromatic N) is 4. The SMILES string of the molecule is CCN(Cc1cc(=O)n2ncsc2n1)CC(C)(C)CN. The smallest absolute Gasteiger partial charge is 0.275 e. The van der Waals surface area contributed by atoms with Gasteiger partial charge in [-0.3, -0.25) is 9.69 Å². The maximum Gasteiger partial charge on any atom is 0.275 e. The van der Waals surface area contributed by atoms with E-state index in [4.69, 9.17) is 5.73 Å². The van der Waals surface area contributed by atoms with E-state index in [0.29, 0.717) is 18.1 Å². The molecule has 6 nitrogen and oxygen atoms in total. The van der Waals surface area contributed by atoms with E-state index >= 15 is 0 Å². The van der Waals surface area contributed by atoms with Crippen molar-refractivity contribution in [3.05, 3.63) is 27.6 Å². The number of fused-ring (bicyclic) bond motifs is 1. The highest BCUT2D eigenvalue weighted by atomic mass is 32.1. The topological polar surface area (TPSA) is 76.5 Å². The molecule has 0 radical (unpaired) electrons. The van der Waals surface area contributed by atoms with Gasteiger partial charge in [-0.15, -0.1) is 0 Å². The molecule has 2 rings (SSSR count). The molecule has 0 aromatic carbocycles. The Kier molecular flexibility index (Phi) is 4.52. The fraction of sp³-hybridized carbons (Fsp3) is 0.615. The van der Waals surface area contributed by atoms with Gasteiger partial charge in [-0.05, 0) is 18.5 Å². The molecule has 0 atom stereocenters. The lowest BCUT2D eigenvalue weighted by Crippen LogP contribution is -2.38. The lowest BCUT2D eigenvalue weighted by atomic mass is 9.93. The second kappa shape index (κ2) is 5.99. The third kappa shape index (κ3) is 3.41. The quantitative estimate of drug-likeness (QED) is 0.859. The number of aromatic nitrogens is 3. The first kappa shape index (κ1) is 15.1. The first-order valence-corrected chi connectivity index (χ1v) is 7.58. The van der Waals surface area contributed by atoms with Gasteiger partial charge in [-0.25, -0.2) is 4.98 Å². The summed E-state index contributed by atoms with van der Waals surface area (Å²) in [5.41, 5.74) is 8.13. The predicted octanol–water partition coefficient (Wildman–Crippen LogP) is 0.958. The maximum absolute atomic E-state index is 11.9. The van der Waals surface area contributed by atoms with Crippen LogP contribution in [0.4, 0.5) is 0 Å². The minimum absolute atomic E-state index is 0.0552. The fourth-order valence-corrected chi connectivity index (χ4v) is 2.70. The normalized spacial score (nSPS) is 12.4. The van der Waals surface area contributed by atoms with Crippen molar-refractivity contribution in [1.29, 1.82) is 0 Å². The summed E-state index contributed by atoms with van der Waals surface area (Å²) < 4.78 is 1.33. The van der Waals surface area contributed by atoms with Crippen molar-refractivity contribution in [3.63, 3.8) is 0 Å². The monoisotopic (exact) mass is 295 g/mol. The average molecular weight is 295 g/mol. The summed E-state index contributed by atoms with van der Waals surface area (Å²) >= 11 is 1.37. The van der Waals surface area contributed by atoms with E-state index in [2.05, 4.69) is 35.8 Å². The Morgan fingerprint density at radius 3 is 2.90 bits per heavy atom. The molecule has 110 valence electrons. The molecule has 0 fully saturated rings. The van der Waals surface area contributed by atoms with Gasteiger partial charge in [0.1, 0.15) is 5.51 Å². The third-order valence-electron chi connectivity index (χ3n) is 3.28. The Labute approximate surface area is 122 Å². The molecule has 20 heavy (non-hydrogen) atoms.